The predicted molar refractivity (Wildman–Crippen MR) is 92.7 cm³/mol. The fraction of sp³-hybridized carbons (Fsp3) is 0.350. The molecule has 3 unspecified atom stereocenters. The standard InChI is InChI=1S/C20H23FN2O/c21-18-9-5-4-8-17(18)19(12-14-6-2-1-3-7-14)23-20(24)15-10-11-16(22)13-15/h1-9,15-16,19H,10-13,22H2,(H,23,24). The lowest BCUT2D eigenvalue weighted by Crippen LogP contribution is -2.35. The summed E-state index contributed by atoms with van der Waals surface area (Å²) in [6.07, 6.45) is 2.96. The quantitative estimate of drug-likeness (QED) is 0.885. The van der Waals surface area contributed by atoms with Crippen LogP contribution in [-0.4, -0.2) is 11.9 Å². The molecule has 24 heavy (non-hydrogen) atoms. The average molecular weight is 326 g/mol. The van der Waals surface area contributed by atoms with Gasteiger partial charge in [-0.3, -0.25) is 4.79 Å². The van der Waals surface area contributed by atoms with Crippen molar-refractivity contribution < 1.29 is 9.18 Å². The number of hydrogen-bond acceptors (Lipinski definition) is 2. The summed E-state index contributed by atoms with van der Waals surface area (Å²) < 4.78 is 14.3. The predicted octanol–water partition coefficient (Wildman–Crippen LogP) is 3.35. The second-order valence-electron chi connectivity index (χ2n) is 6.54. The SMILES string of the molecule is NC1CCC(C(=O)NC(Cc2ccccc2)c2ccccc2F)C1. The summed E-state index contributed by atoms with van der Waals surface area (Å²) in [5.74, 6) is -0.376. The van der Waals surface area contributed by atoms with Crippen LogP contribution >= 0.6 is 0 Å². The normalized spacial score (nSPS) is 21.4. The van der Waals surface area contributed by atoms with Crippen molar-refractivity contribution in [1.82, 2.24) is 5.32 Å². The zero-order valence-electron chi connectivity index (χ0n) is 13.6. The van der Waals surface area contributed by atoms with Crippen LogP contribution in [0.15, 0.2) is 54.6 Å². The summed E-state index contributed by atoms with van der Waals surface area (Å²) in [5, 5.41) is 3.05. The average Bonchev–Trinajstić information content (AvgIpc) is 3.02. The summed E-state index contributed by atoms with van der Waals surface area (Å²) in [6, 6.07) is 16.2. The number of halogens is 1. The first kappa shape index (κ1) is 16.7. The number of benzene rings is 2. The van der Waals surface area contributed by atoms with Crippen LogP contribution in [0.5, 0.6) is 0 Å². The number of carbonyl (C=O) groups excluding carboxylic acids is 1. The van der Waals surface area contributed by atoms with E-state index < -0.39 is 0 Å². The third-order valence-corrected chi connectivity index (χ3v) is 4.72. The first-order valence-electron chi connectivity index (χ1n) is 8.48. The number of amides is 1. The molecular weight excluding hydrogens is 303 g/mol. The van der Waals surface area contributed by atoms with Gasteiger partial charge in [0.2, 0.25) is 5.91 Å². The molecule has 0 radical (unpaired) electrons. The molecule has 3 atom stereocenters. The molecule has 2 aromatic carbocycles. The van der Waals surface area contributed by atoms with Crippen LogP contribution in [0.3, 0.4) is 0 Å². The molecule has 3 nitrogen and oxygen atoms in total. The maximum absolute atomic E-state index is 14.3. The Morgan fingerprint density at radius 1 is 1.12 bits per heavy atom. The minimum absolute atomic E-state index is 0.0212. The van der Waals surface area contributed by atoms with Crippen LogP contribution in [0.1, 0.15) is 36.4 Å². The summed E-state index contributed by atoms with van der Waals surface area (Å²) in [4.78, 5) is 12.6. The first-order chi connectivity index (χ1) is 11.6. The maximum atomic E-state index is 14.3. The van der Waals surface area contributed by atoms with Crippen LogP contribution in [0, 0.1) is 11.7 Å². The van der Waals surface area contributed by atoms with Gasteiger partial charge in [-0.1, -0.05) is 48.5 Å². The molecule has 0 aliphatic heterocycles. The van der Waals surface area contributed by atoms with E-state index in [9.17, 15) is 9.18 Å². The van der Waals surface area contributed by atoms with Crippen molar-refractivity contribution in [2.75, 3.05) is 0 Å². The van der Waals surface area contributed by atoms with Crippen molar-refractivity contribution in [2.24, 2.45) is 11.7 Å². The Morgan fingerprint density at radius 3 is 2.50 bits per heavy atom. The van der Waals surface area contributed by atoms with Crippen LogP contribution in [0.2, 0.25) is 0 Å². The van der Waals surface area contributed by atoms with E-state index in [0.717, 1.165) is 18.4 Å². The van der Waals surface area contributed by atoms with Gasteiger partial charge >= 0.3 is 0 Å². The van der Waals surface area contributed by atoms with E-state index in [0.29, 0.717) is 18.4 Å². The topological polar surface area (TPSA) is 55.1 Å². The molecule has 2 aromatic rings. The summed E-state index contributed by atoms with van der Waals surface area (Å²) in [6.45, 7) is 0. The van der Waals surface area contributed by atoms with Gasteiger partial charge in [0.05, 0.1) is 6.04 Å². The van der Waals surface area contributed by atoms with Gasteiger partial charge in [0, 0.05) is 17.5 Å². The van der Waals surface area contributed by atoms with Gasteiger partial charge in [-0.15, -0.1) is 0 Å². The van der Waals surface area contributed by atoms with Gasteiger partial charge in [0.1, 0.15) is 5.82 Å². The second kappa shape index (κ2) is 7.58. The first-order valence-corrected chi connectivity index (χ1v) is 8.48. The van der Waals surface area contributed by atoms with Crippen molar-refractivity contribution in [3.05, 3.63) is 71.5 Å². The zero-order chi connectivity index (χ0) is 16.9. The van der Waals surface area contributed by atoms with E-state index in [2.05, 4.69) is 5.32 Å². The Balaban J connectivity index is 1.79. The lowest BCUT2D eigenvalue weighted by atomic mass is 9.97. The molecular formula is C20H23FN2O. The maximum Gasteiger partial charge on any atom is 0.223 e. The van der Waals surface area contributed by atoms with Crippen molar-refractivity contribution in [3.8, 4) is 0 Å². The highest BCUT2D eigenvalue weighted by Gasteiger charge is 2.29. The Hall–Kier alpha value is -2.20. The number of nitrogens with one attached hydrogen (secondary N) is 1. The molecule has 0 saturated heterocycles. The van der Waals surface area contributed by atoms with E-state index in [4.69, 9.17) is 5.73 Å². The van der Waals surface area contributed by atoms with E-state index in [1.165, 1.54) is 6.07 Å². The van der Waals surface area contributed by atoms with Gasteiger partial charge in [0.15, 0.2) is 0 Å². The highest BCUT2D eigenvalue weighted by Crippen LogP contribution is 2.27. The largest absolute Gasteiger partial charge is 0.349 e. The fourth-order valence-corrected chi connectivity index (χ4v) is 3.39. The van der Waals surface area contributed by atoms with Crippen LogP contribution < -0.4 is 11.1 Å². The third kappa shape index (κ3) is 4.01. The van der Waals surface area contributed by atoms with Gasteiger partial charge < -0.3 is 11.1 Å². The molecule has 0 heterocycles. The highest BCUT2D eigenvalue weighted by molar-refractivity contribution is 5.79. The van der Waals surface area contributed by atoms with Gasteiger partial charge in [0.25, 0.3) is 0 Å². The molecule has 1 amide bonds. The molecule has 3 N–H and O–H groups in total. The second-order valence-corrected chi connectivity index (χ2v) is 6.54. The van der Waals surface area contributed by atoms with Crippen molar-refractivity contribution in [1.29, 1.82) is 0 Å². The third-order valence-electron chi connectivity index (χ3n) is 4.72. The van der Waals surface area contributed by atoms with Gasteiger partial charge in [-0.25, -0.2) is 4.39 Å². The van der Waals surface area contributed by atoms with Gasteiger partial charge in [-0.2, -0.15) is 0 Å². The number of hydrogen-bond donors (Lipinski definition) is 2. The van der Waals surface area contributed by atoms with Crippen LogP contribution in [-0.2, 0) is 11.2 Å². The smallest absolute Gasteiger partial charge is 0.223 e. The molecule has 1 aliphatic rings. The van der Waals surface area contributed by atoms with Crippen LogP contribution in [0.25, 0.3) is 0 Å². The molecule has 4 heteroatoms. The lowest BCUT2D eigenvalue weighted by Gasteiger charge is -2.22. The van der Waals surface area contributed by atoms with Crippen molar-refractivity contribution in [2.45, 2.75) is 37.8 Å². The van der Waals surface area contributed by atoms with E-state index in [1.807, 2.05) is 30.3 Å². The number of nitrogens with two attached hydrogens (primary N) is 1. The number of carbonyl (C=O) groups is 1. The van der Waals surface area contributed by atoms with Crippen molar-refractivity contribution >= 4 is 5.91 Å². The lowest BCUT2D eigenvalue weighted by molar-refractivity contribution is -0.125. The Bertz CT molecular complexity index is 689. The Morgan fingerprint density at radius 2 is 1.83 bits per heavy atom. The highest BCUT2D eigenvalue weighted by atomic mass is 19.1. The molecule has 126 valence electrons. The summed E-state index contributed by atoms with van der Waals surface area (Å²) in [7, 11) is 0. The van der Waals surface area contributed by atoms with E-state index in [1.54, 1.807) is 18.2 Å². The molecule has 1 fully saturated rings. The molecule has 0 aromatic heterocycles. The summed E-state index contributed by atoms with van der Waals surface area (Å²) >= 11 is 0. The van der Waals surface area contributed by atoms with E-state index in [-0.39, 0.29) is 29.7 Å². The van der Waals surface area contributed by atoms with Crippen molar-refractivity contribution in [3.63, 3.8) is 0 Å². The summed E-state index contributed by atoms with van der Waals surface area (Å²) in [5.41, 5.74) is 7.50. The Labute approximate surface area is 142 Å². The molecule has 0 spiro atoms. The van der Waals surface area contributed by atoms with E-state index >= 15 is 0 Å². The molecule has 3 rings (SSSR count). The molecule has 0 bridgehead atoms. The Kier molecular flexibility index (Phi) is 5.26. The minimum Gasteiger partial charge on any atom is -0.349 e. The fourth-order valence-electron chi connectivity index (χ4n) is 3.39. The zero-order valence-corrected chi connectivity index (χ0v) is 13.6. The monoisotopic (exact) mass is 326 g/mol. The van der Waals surface area contributed by atoms with Gasteiger partial charge in [-0.05, 0) is 37.3 Å². The molecule has 1 saturated carbocycles. The molecule has 1 aliphatic carbocycles. The minimum atomic E-state index is -0.377. The number of rotatable bonds is 5. The van der Waals surface area contributed by atoms with Crippen LogP contribution in [0.4, 0.5) is 4.39 Å².